The van der Waals surface area contributed by atoms with Crippen LogP contribution in [0.4, 0.5) is 0 Å². The zero-order valence-corrected chi connectivity index (χ0v) is 22.4. The number of methoxy groups -OCH3 is 2. The van der Waals surface area contributed by atoms with E-state index in [1.165, 1.54) is 0 Å². The molecule has 1 heterocycles. The molecule has 1 N–H and O–H groups in total. The van der Waals surface area contributed by atoms with Crippen LogP contribution in [0.2, 0.25) is 0 Å². The first-order chi connectivity index (χ1) is 18.4. The molecule has 2 amide bonds. The van der Waals surface area contributed by atoms with E-state index in [-0.39, 0.29) is 24.4 Å². The molecule has 0 unspecified atom stereocenters. The maximum Gasteiger partial charge on any atom is 0.254 e. The predicted octanol–water partition coefficient (Wildman–Crippen LogP) is 5.31. The monoisotopic (exact) mass is 513 g/mol. The molecule has 4 aromatic rings. The molecule has 0 aliphatic rings. The number of rotatable bonds is 11. The number of hydrogen-bond donors (Lipinski definition) is 1. The van der Waals surface area contributed by atoms with Gasteiger partial charge in [0, 0.05) is 41.8 Å². The molecule has 0 atom stereocenters. The number of hydrogen-bond acceptors (Lipinski definition) is 4. The van der Waals surface area contributed by atoms with Crippen LogP contribution < -0.4 is 9.47 Å². The summed E-state index contributed by atoms with van der Waals surface area (Å²) in [5, 5.41) is 1.16. The van der Waals surface area contributed by atoms with Gasteiger partial charge in [-0.05, 0) is 73.9 Å². The van der Waals surface area contributed by atoms with Gasteiger partial charge in [0.05, 0.1) is 14.2 Å². The number of fused-ring (bicyclic) bond motifs is 1. The molecule has 0 aliphatic carbocycles. The van der Waals surface area contributed by atoms with E-state index in [9.17, 15) is 9.59 Å². The summed E-state index contributed by atoms with van der Waals surface area (Å²) in [7, 11) is 3.22. The Balaban J connectivity index is 1.54. The zero-order chi connectivity index (χ0) is 27.1. The lowest BCUT2D eigenvalue weighted by Gasteiger charge is -2.30. The number of para-hydroxylation sites is 1. The summed E-state index contributed by atoms with van der Waals surface area (Å²) in [6.07, 6.45) is 2.70. The van der Waals surface area contributed by atoms with Gasteiger partial charge < -0.3 is 24.3 Å². The average molecular weight is 514 g/mol. The molecule has 0 spiro atoms. The molecule has 0 saturated heterocycles. The first kappa shape index (κ1) is 26.8. The topological polar surface area (TPSA) is 74.9 Å². The van der Waals surface area contributed by atoms with Gasteiger partial charge in [0.1, 0.15) is 18.0 Å². The first-order valence-corrected chi connectivity index (χ1v) is 12.8. The fourth-order valence-corrected chi connectivity index (χ4v) is 4.47. The summed E-state index contributed by atoms with van der Waals surface area (Å²) in [4.78, 5) is 33.9. The Kier molecular flexibility index (Phi) is 8.69. The van der Waals surface area contributed by atoms with Gasteiger partial charge in [0.2, 0.25) is 5.91 Å². The SMILES string of the molecule is COc1ccc(CN(CCc2c[nH]c3ccccc23)C(=O)CN(C(=O)c2ccc(OC)cc2)C(C)C)cc1. The molecule has 3 aromatic carbocycles. The third-order valence-electron chi connectivity index (χ3n) is 6.74. The Morgan fingerprint density at radius 1 is 0.868 bits per heavy atom. The fourth-order valence-electron chi connectivity index (χ4n) is 4.47. The molecule has 38 heavy (non-hydrogen) atoms. The number of carbonyl (C=O) groups excluding carboxylic acids is 2. The first-order valence-electron chi connectivity index (χ1n) is 12.8. The summed E-state index contributed by atoms with van der Waals surface area (Å²) in [5.41, 5.74) is 3.75. The second-order valence-electron chi connectivity index (χ2n) is 9.53. The van der Waals surface area contributed by atoms with E-state index in [0.29, 0.717) is 30.8 Å². The minimum Gasteiger partial charge on any atom is -0.497 e. The van der Waals surface area contributed by atoms with Crippen LogP contribution >= 0.6 is 0 Å². The Morgan fingerprint density at radius 3 is 2.13 bits per heavy atom. The van der Waals surface area contributed by atoms with Crippen LogP contribution in [0.3, 0.4) is 0 Å². The van der Waals surface area contributed by atoms with E-state index in [0.717, 1.165) is 27.8 Å². The van der Waals surface area contributed by atoms with Crippen molar-refractivity contribution < 1.29 is 19.1 Å². The van der Waals surface area contributed by atoms with Crippen molar-refractivity contribution in [2.24, 2.45) is 0 Å². The summed E-state index contributed by atoms with van der Waals surface area (Å²) < 4.78 is 10.5. The highest BCUT2D eigenvalue weighted by molar-refractivity contribution is 5.96. The van der Waals surface area contributed by atoms with E-state index in [2.05, 4.69) is 11.1 Å². The molecule has 4 rings (SSSR count). The standard InChI is InChI=1S/C31H35N3O4/c1-22(2)34(31(36)24-11-15-27(38-4)16-12-24)21-30(35)33(20-23-9-13-26(37-3)14-10-23)18-17-25-19-32-29-8-6-5-7-28(25)29/h5-16,19,22,32H,17-18,20-21H2,1-4H3. The van der Waals surface area contributed by atoms with Crippen LogP contribution in [0.5, 0.6) is 11.5 Å². The summed E-state index contributed by atoms with van der Waals surface area (Å²) >= 11 is 0. The van der Waals surface area contributed by atoms with Crippen molar-refractivity contribution in [3.63, 3.8) is 0 Å². The van der Waals surface area contributed by atoms with Crippen LogP contribution in [0.25, 0.3) is 10.9 Å². The van der Waals surface area contributed by atoms with Crippen molar-refractivity contribution in [1.82, 2.24) is 14.8 Å². The molecule has 0 fully saturated rings. The van der Waals surface area contributed by atoms with Crippen LogP contribution in [-0.2, 0) is 17.8 Å². The third-order valence-corrected chi connectivity index (χ3v) is 6.74. The molecule has 198 valence electrons. The lowest BCUT2D eigenvalue weighted by molar-refractivity contribution is -0.132. The maximum absolute atomic E-state index is 13.7. The Bertz CT molecular complexity index is 1360. The largest absolute Gasteiger partial charge is 0.497 e. The third kappa shape index (κ3) is 6.35. The number of carbonyl (C=O) groups is 2. The average Bonchev–Trinajstić information content (AvgIpc) is 3.36. The van der Waals surface area contributed by atoms with Gasteiger partial charge in [-0.15, -0.1) is 0 Å². The Labute approximate surface area is 224 Å². The predicted molar refractivity (Wildman–Crippen MR) is 150 cm³/mol. The van der Waals surface area contributed by atoms with Crippen molar-refractivity contribution in [1.29, 1.82) is 0 Å². The smallest absolute Gasteiger partial charge is 0.254 e. The molecule has 7 nitrogen and oxygen atoms in total. The van der Waals surface area contributed by atoms with E-state index >= 15 is 0 Å². The van der Waals surface area contributed by atoms with Crippen molar-refractivity contribution >= 4 is 22.7 Å². The van der Waals surface area contributed by atoms with Gasteiger partial charge >= 0.3 is 0 Å². The number of aromatic nitrogens is 1. The van der Waals surface area contributed by atoms with Gasteiger partial charge in [-0.2, -0.15) is 0 Å². The number of nitrogens with one attached hydrogen (secondary N) is 1. The molecule has 0 saturated carbocycles. The quantitative estimate of drug-likeness (QED) is 0.295. The summed E-state index contributed by atoms with van der Waals surface area (Å²) in [5.74, 6) is 1.16. The Morgan fingerprint density at radius 2 is 1.50 bits per heavy atom. The number of benzene rings is 3. The van der Waals surface area contributed by atoms with E-state index < -0.39 is 0 Å². The highest BCUT2D eigenvalue weighted by Crippen LogP contribution is 2.20. The molecule has 0 radical (unpaired) electrons. The fraction of sp³-hybridized carbons (Fsp3) is 0.290. The van der Waals surface area contributed by atoms with Crippen LogP contribution in [0.1, 0.15) is 35.3 Å². The van der Waals surface area contributed by atoms with Crippen molar-refractivity contribution in [2.75, 3.05) is 27.3 Å². The number of H-pyrrole nitrogens is 1. The minimum atomic E-state index is -0.183. The molecular formula is C31H35N3O4. The highest BCUT2D eigenvalue weighted by atomic mass is 16.5. The van der Waals surface area contributed by atoms with Crippen LogP contribution in [0.15, 0.2) is 79.0 Å². The van der Waals surface area contributed by atoms with Crippen molar-refractivity contribution in [2.45, 2.75) is 32.9 Å². The molecule has 0 aliphatic heterocycles. The lowest BCUT2D eigenvalue weighted by Crippen LogP contribution is -2.46. The molecule has 1 aromatic heterocycles. The molecule has 0 bridgehead atoms. The minimum absolute atomic E-state index is 0.00737. The number of aromatic amines is 1. The second-order valence-corrected chi connectivity index (χ2v) is 9.53. The highest BCUT2D eigenvalue weighted by Gasteiger charge is 2.25. The second kappa shape index (κ2) is 12.3. The number of nitrogens with zero attached hydrogens (tertiary/aromatic N) is 2. The van der Waals surface area contributed by atoms with Crippen molar-refractivity contribution in [3.05, 3.63) is 95.7 Å². The van der Waals surface area contributed by atoms with Crippen molar-refractivity contribution in [3.8, 4) is 11.5 Å². The lowest BCUT2D eigenvalue weighted by atomic mass is 10.1. The Hall–Kier alpha value is -4.26. The van der Waals surface area contributed by atoms with E-state index in [1.807, 2.05) is 67.4 Å². The van der Waals surface area contributed by atoms with Gasteiger partial charge in [0.15, 0.2) is 0 Å². The van der Waals surface area contributed by atoms with Gasteiger partial charge in [-0.25, -0.2) is 0 Å². The molecule has 7 heteroatoms. The van der Waals surface area contributed by atoms with E-state index in [4.69, 9.17) is 9.47 Å². The van der Waals surface area contributed by atoms with Crippen LogP contribution in [-0.4, -0.2) is 59.9 Å². The zero-order valence-electron chi connectivity index (χ0n) is 22.4. The van der Waals surface area contributed by atoms with Gasteiger partial charge in [0.25, 0.3) is 5.91 Å². The number of ether oxygens (including phenoxy) is 2. The van der Waals surface area contributed by atoms with E-state index in [1.54, 1.807) is 43.4 Å². The normalized spacial score (nSPS) is 11.0. The molecular weight excluding hydrogens is 478 g/mol. The van der Waals surface area contributed by atoms with Gasteiger partial charge in [-0.1, -0.05) is 30.3 Å². The summed E-state index contributed by atoms with van der Waals surface area (Å²) in [6, 6.07) is 22.7. The maximum atomic E-state index is 13.7. The van der Waals surface area contributed by atoms with Crippen LogP contribution in [0, 0.1) is 0 Å². The summed E-state index contributed by atoms with van der Waals surface area (Å²) in [6.45, 7) is 4.80. The van der Waals surface area contributed by atoms with Gasteiger partial charge in [-0.3, -0.25) is 9.59 Å². The number of amides is 2.